The van der Waals surface area contributed by atoms with E-state index in [0.717, 1.165) is 31.4 Å². The molecule has 1 aliphatic rings. The van der Waals surface area contributed by atoms with Crippen LogP contribution >= 0.6 is 11.3 Å². The molecule has 116 valence electrons. The van der Waals surface area contributed by atoms with Crippen molar-refractivity contribution in [2.45, 2.75) is 38.1 Å². The van der Waals surface area contributed by atoms with Crippen molar-refractivity contribution in [2.24, 2.45) is 5.73 Å². The first-order valence-electron chi connectivity index (χ1n) is 7.48. The number of hydrogen-bond acceptors (Lipinski definition) is 4. The normalized spacial score (nSPS) is 18.5. The molecule has 2 amide bonds. The molecule has 0 aromatic carbocycles. The molecule has 0 spiro atoms. The van der Waals surface area contributed by atoms with E-state index in [-0.39, 0.29) is 17.9 Å². The van der Waals surface area contributed by atoms with Crippen LogP contribution in [0.2, 0.25) is 0 Å². The number of likely N-dealkylation sites (tertiary alicyclic amines) is 1. The predicted molar refractivity (Wildman–Crippen MR) is 84.1 cm³/mol. The number of carbonyl (C=O) groups is 2. The van der Waals surface area contributed by atoms with Gasteiger partial charge >= 0.3 is 0 Å². The molecule has 21 heavy (non-hydrogen) atoms. The van der Waals surface area contributed by atoms with Crippen molar-refractivity contribution in [3.05, 3.63) is 22.4 Å². The van der Waals surface area contributed by atoms with Gasteiger partial charge in [-0.1, -0.05) is 0 Å². The molecular formula is C15H23N3O2S. The Balaban J connectivity index is 1.88. The minimum absolute atomic E-state index is 0.0340. The third kappa shape index (κ3) is 4.82. The van der Waals surface area contributed by atoms with E-state index in [0.29, 0.717) is 25.9 Å². The second-order valence-electron chi connectivity index (χ2n) is 5.39. The third-order valence-corrected chi connectivity index (χ3v) is 4.52. The summed E-state index contributed by atoms with van der Waals surface area (Å²) in [5.41, 5.74) is 6.44. The molecule has 6 heteroatoms. The lowest BCUT2D eigenvalue weighted by Gasteiger charge is -2.36. The van der Waals surface area contributed by atoms with Gasteiger partial charge in [0, 0.05) is 32.1 Å². The summed E-state index contributed by atoms with van der Waals surface area (Å²) in [5, 5.41) is 6.89. The molecule has 1 atom stereocenters. The maximum atomic E-state index is 12.4. The van der Waals surface area contributed by atoms with E-state index in [9.17, 15) is 9.59 Å². The maximum absolute atomic E-state index is 12.4. The number of piperidine rings is 1. The fourth-order valence-corrected chi connectivity index (χ4v) is 3.33. The molecule has 0 aliphatic carbocycles. The van der Waals surface area contributed by atoms with Gasteiger partial charge in [0.15, 0.2) is 0 Å². The SMILES string of the molecule is NCCC(=O)NCC1CCCCN1C(=O)Cc1ccsc1. The average Bonchev–Trinajstić information content (AvgIpc) is 2.98. The number of thiophene rings is 1. The molecule has 2 rings (SSSR count). The Morgan fingerprint density at radius 2 is 2.29 bits per heavy atom. The van der Waals surface area contributed by atoms with Gasteiger partial charge in [-0.2, -0.15) is 11.3 Å². The van der Waals surface area contributed by atoms with E-state index in [1.165, 1.54) is 0 Å². The maximum Gasteiger partial charge on any atom is 0.227 e. The topological polar surface area (TPSA) is 75.4 Å². The monoisotopic (exact) mass is 309 g/mol. The highest BCUT2D eigenvalue weighted by Gasteiger charge is 2.26. The summed E-state index contributed by atoms with van der Waals surface area (Å²) in [5.74, 6) is 0.125. The van der Waals surface area contributed by atoms with Gasteiger partial charge in [-0.15, -0.1) is 0 Å². The second kappa shape index (κ2) is 8.14. The highest BCUT2D eigenvalue weighted by molar-refractivity contribution is 7.07. The molecule has 1 aromatic heterocycles. The van der Waals surface area contributed by atoms with Crippen LogP contribution in [0.1, 0.15) is 31.2 Å². The molecule has 1 aliphatic heterocycles. The van der Waals surface area contributed by atoms with E-state index in [1.807, 2.05) is 21.7 Å². The van der Waals surface area contributed by atoms with E-state index in [1.54, 1.807) is 11.3 Å². The summed E-state index contributed by atoms with van der Waals surface area (Å²) in [7, 11) is 0. The number of carbonyl (C=O) groups excluding carboxylic acids is 2. The Morgan fingerprint density at radius 1 is 1.43 bits per heavy atom. The molecule has 0 radical (unpaired) electrons. The predicted octanol–water partition coefficient (Wildman–Crippen LogP) is 1.14. The number of amides is 2. The van der Waals surface area contributed by atoms with Crippen LogP contribution in [0.3, 0.4) is 0 Å². The molecule has 5 nitrogen and oxygen atoms in total. The van der Waals surface area contributed by atoms with Gasteiger partial charge in [-0.3, -0.25) is 9.59 Å². The van der Waals surface area contributed by atoms with Crippen LogP contribution in [0, 0.1) is 0 Å². The van der Waals surface area contributed by atoms with Crippen molar-refractivity contribution in [3.8, 4) is 0 Å². The first-order valence-corrected chi connectivity index (χ1v) is 8.42. The number of hydrogen-bond donors (Lipinski definition) is 2. The summed E-state index contributed by atoms with van der Waals surface area (Å²) in [4.78, 5) is 25.9. The zero-order valence-corrected chi connectivity index (χ0v) is 13.0. The Morgan fingerprint density at radius 3 is 3.00 bits per heavy atom. The molecule has 3 N–H and O–H groups in total. The van der Waals surface area contributed by atoms with Crippen molar-refractivity contribution in [1.82, 2.24) is 10.2 Å². The zero-order chi connectivity index (χ0) is 15.1. The minimum Gasteiger partial charge on any atom is -0.354 e. The highest BCUT2D eigenvalue weighted by atomic mass is 32.1. The largest absolute Gasteiger partial charge is 0.354 e. The number of nitrogens with one attached hydrogen (secondary N) is 1. The highest BCUT2D eigenvalue weighted by Crippen LogP contribution is 2.18. The van der Waals surface area contributed by atoms with Gasteiger partial charge in [-0.05, 0) is 41.7 Å². The van der Waals surface area contributed by atoms with Gasteiger partial charge in [0.1, 0.15) is 0 Å². The van der Waals surface area contributed by atoms with Crippen molar-refractivity contribution >= 4 is 23.2 Å². The van der Waals surface area contributed by atoms with Crippen molar-refractivity contribution in [1.29, 1.82) is 0 Å². The fraction of sp³-hybridized carbons (Fsp3) is 0.600. The van der Waals surface area contributed by atoms with Gasteiger partial charge in [0.2, 0.25) is 11.8 Å². The summed E-state index contributed by atoms with van der Waals surface area (Å²) < 4.78 is 0. The second-order valence-corrected chi connectivity index (χ2v) is 6.17. The molecule has 1 fully saturated rings. The fourth-order valence-electron chi connectivity index (χ4n) is 2.66. The summed E-state index contributed by atoms with van der Waals surface area (Å²) in [6, 6.07) is 2.11. The molecule has 0 bridgehead atoms. The zero-order valence-electron chi connectivity index (χ0n) is 12.2. The van der Waals surface area contributed by atoms with E-state index in [4.69, 9.17) is 5.73 Å². The third-order valence-electron chi connectivity index (χ3n) is 3.79. The summed E-state index contributed by atoms with van der Waals surface area (Å²) in [6.45, 7) is 1.69. The summed E-state index contributed by atoms with van der Waals surface area (Å²) in [6.07, 6.45) is 3.91. The van der Waals surface area contributed by atoms with Crippen LogP contribution < -0.4 is 11.1 Å². The minimum atomic E-state index is -0.0340. The van der Waals surface area contributed by atoms with Crippen LogP contribution in [0.15, 0.2) is 16.8 Å². The first kappa shape index (κ1) is 16.0. The standard InChI is InChI=1S/C15H23N3O2S/c16-6-4-14(19)17-10-13-3-1-2-7-18(13)15(20)9-12-5-8-21-11-12/h5,8,11,13H,1-4,6-7,9-10,16H2,(H,17,19). The van der Waals surface area contributed by atoms with Gasteiger partial charge < -0.3 is 16.0 Å². The van der Waals surface area contributed by atoms with Crippen LogP contribution in [0.5, 0.6) is 0 Å². The molecule has 0 saturated carbocycles. The Kier molecular flexibility index (Phi) is 6.20. The van der Waals surface area contributed by atoms with E-state index in [2.05, 4.69) is 5.32 Å². The van der Waals surface area contributed by atoms with Gasteiger partial charge in [0.25, 0.3) is 0 Å². The quantitative estimate of drug-likeness (QED) is 0.827. The van der Waals surface area contributed by atoms with Crippen LogP contribution in [-0.2, 0) is 16.0 Å². The Labute approximate surface area is 129 Å². The lowest BCUT2D eigenvalue weighted by Crippen LogP contribution is -2.50. The average molecular weight is 309 g/mol. The van der Waals surface area contributed by atoms with Crippen LogP contribution in [0.25, 0.3) is 0 Å². The molecule has 1 unspecified atom stereocenters. The molecular weight excluding hydrogens is 286 g/mol. The van der Waals surface area contributed by atoms with Gasteiger partial charge in [-0.25, -0.2) is 0 Å². The van der Waals surface area contributed by atoms with Crippen molar-refractivity contribution < 1.29 is 9.59 Å². The van der Waals surface area contributed by atoms with Crippen LogP contribution in [-0.4, -0.2) is 42.4 Å². The lowest BCUT2D eigenvalue weighted by atomic mass is 10.0. The van der Waals surface area contributed by atoms with Gasteiger partial charge in [0.05, 0.1) is 6.42 Å². The van der Waals surface area contributed by atoms with Crippen LogP contribution in [0.4, 0.5) is 0 Å². The summed E-state index contributed by atoms with van der Waals surface area (Å²) >= 11 is 1.61. The Bertz CT molecular complexity index is 461. The first-order chi connectivity index (χ1) is 10.2. The van der Waals surface area contributed by atoms with Crippen molar-refractivity contribution in [3.63, 3.8) is 0 Å². The molecule has 1 saturated heterocycles. The smallest absolute Gasteiger partial charge is 0.227 e. The molecule has 2 heterocycles. The van der Waals surface area contributed by atoms with E-state index < -0.39 is 0 Å². The van der Waals surface area contributed by atoms with Crippen molar-refractivity contribution in [2.75, 3.05) is 19.6 Å². The van der Waals surface area contributed by atoms with E-state index >= 15 is 0 Å². The Hall–Kier alpha value is -1.40. The lowest BCUT2D eigenvalue weighted by molar-refractivity contribution is -0.134. The number of rotatable bonds is 6. The molecule has 1 aromatic rings. The number of nitrogens with two attached hydrogens (primary N) is 1. The number of nitrogens with zero attached hydrogens (tertiary/aromatic N) is 1.